The van der Waals surface area contributed by atoms with Crippen LogP contribution in [0.4, 0.5) is 21.9 Å². The minimum atomic E-state index is -0.863. The molecule has 0 spiro atoms. The van der Waals surface area contributed by atoms with Crippen LogP contribution in [0.25, 0.3) is 0 Å². The number of hydrogen-bond acceptors (Lipinski definition) is 10. The number of aliphatic hydroxyl groups is 1. The normalized spacial score (nSPS) is 21.0. The van der Waals surface area contributed by atoms with Crippen molar-refractivity contribution in [2.75, 3.05) is 50.1 Å². The first-order valence-electron chi connectivity index (χ1n) is 17.7. The molecule has 53 heavy (non-hydrogen) atoms. The summed E-state index contributed by atoms with van der Waals surface area (Å²) in [5.41, 5.74) is 5.04. The lowest BCUT2D eigenvalue weighted by atomic mass is 9.90. The summed E-state index contributed by atoms with van der Waals surface area (Å²) in [4.78, 5) is 40.7. The van der Waals surface area contributed by atoms with E-state index in [9.17, 15) is 24.8 Å². The van der Waals surface area contributed by atoms with Gasteiger partial charge in [0.1, 0.15) is 6.04 Å². The van der Waals surface area contributed by atoms with Crippen molar-refractivity contribution in [3.63, 3.8) is 0 Å². The first-order valence-corrected chi connectivity index (χ1v) is 17.7. The summed E-state index contributed by atoms with van der Waals surface area (Å²) in [7, 11) is 1.29. The van der Waals surface area contributed by atoms with Crippen molar-refractivity contribution >= 4 is 29.1 Å². The third-order valence-corrected chi connectivity index (χ3v) is 9.87. The van der Waals surface area contributed by atoms with Gasteiger partial charge in [0.15, 0.2) is 6.29 Å². The summed E-state index contributed by atoms with van der Waals surface area (Å²) < 4.78 is 18.2. The van der Waals surface area contributed by atoms with Gasteiger partial charge in [0.05, 0.1) is 30.8 Å². The number of nitro benzene ring substituents is 1. The van der Waals surface area contributed by atoms with Gasteiger partial charge < -0.3 is 34.9 Å². The van der Waals surface area contributed by atoms with Crippen LogP contribution in [0.1, 0.15) is 41.6 Å². The number of urea groups is 1. The van der Waals surface area contributed by atoms with Crippen molar-refractivity contribution in [2.24, 2.45) is 5.92 Å². The van der Waals surface area contributed by atoms with E-state index in [1.54, 1.807) is 24.3 Å². The van der Waals surface area contributed by atoms with Gasteiger partial charge in [0.2, 0.25) is 0 Å². The molecule has 6 rings (SSSR count). The summed E-state index contributed by atoms with van der Waals surface area (Å²) in [5, 5.41) is 26.2. The summed E-state index contributed by atoms with van der Waals surface area (Å²) in [5.74, 6) is -0.538. The lowest BCUT2D eigenvalue weighted by Gasteiger charge is -2.44. The molecular weight excluding hydrogens is 678 g/mol. The third-order valence-electron chi connectivity index (χ3n) is 9.87. The second kappa shape index (κ2) is 17.5. The van der Waals surface area contributed by atoms with Crippen LogP contribution in [0.15, 0.2) is 103 Å². The Morgan fingerprint density at radius 3 is 2.17 bits per heavy atom. The third kappa shape index (κ3) is 9.56. The van der Waals surface area contributed by atoms with E-state index in [1.165, 1.54) is 19.2 Å². The number of amides is 2. The van der Waals surface area contributed by atoms with Gasteiger partial charge in [-0.1, -0.05) is 73.7 Å². The van der Waals surface area contributed by atoms with Crippen molar-refractivity contribution in [1.29, 1.82) is 0 Å². The average molecular weight is 724 g/mol. The predicted octanol–water partition coefficient (Wildman–Crippen LogP) is 5.61. The molecule has 13 nitrogen and oxygen atoms in total. The number of carbonyl (C=O) groups excluding carboxylic acids is 2. The maximum atomic E-state index is 12.9. The molecule has 2 heterocycles. The van der Waals surface area contributed by atoms with E-state index in [4.69, 9.17) is 14.2 Å². The average Bonchev–Trinajstić information content (AvgIpc) is 3.19. The molecule has 13 heteroatoms. The first kappa shape index (κ1) is 37.4. The quantitative estimate of drug-likeness (QED) is 0.0955. The highest BCUT2D eigenvalue weighted by Crippen LogP contribution is 2.42. The second-order valence-electron chi connectivity index (χ2n) is 13.4. The zero-order chi connectivity index (χ0) is 37.3. The Balaban J connectivity index is 1.12. The van der Waals surface area contributed by atoms with Crippen LogP contribution in [-0.2, 0) is 32.0 Å². The molecule has 0 radical (unpaired) electrons. The van der Waals surface area contributed by atoms with E-state index in [-0.39, 0.29) is 41.8 Å². The number of anilines is 2. The number of rotatable bonds is 12. The van der Waals surface area contributed by atoms with Crippen LogP contribution in [-0.4, -0.2) is 78.9 Å². The van der Waals surface area contributed by atoms with Crippen molar-refractivity contribution in [3.05, 3.63) is 135 Å². The van der Waals surface area contributed by atoms with Gasteiger partial charge in [-0.05, 0) is 41.0 Å². The van der Waals surface area contributed by atoms with Crippen molar-refractivity contribution in [1.82, 2.24) is 10.2 Å². The number of benzene rings is 4. The van der Waals surface area contributed by atoms with Crippen molar-refractivity contribution < 1.29 is 33.8 Å². The summed E-state index contributed by atoms with van der Waals surface area (Å²) in [6, 6.07) is 29.7. The van der Waals surface area contributed by atoms with E-state index in [0.717, 1.165) is 54.1 Å². The van der Waals surface area contributed by atoms with E-state index < -0.39 is 24.3 Å². The predicted molar refractivity (Wildman–Crippen MR) is 199 cm³/mol. The molecule has 2 aliphatic rings. The lowest BCUT2D eigenvalue weighted by molar-refractivity contribution is -0.384. The van der Waals surface area contributed by atoms with Gasteiger partial charge >= 0.3 is 12.0 Å². The number of nitrogens with zero attached hydrogens (tertiary/aromatic N) is 3. The number of carbonyl (C=O) groups is 2. The minimum absolute atomic E-state index is 0.00204. The highest BCUT2D eigenvalue weighted by molar-refractivity contribution is 5.92. The van der Waals surface area contributed by atoms with Crippen LogP contribution in [0, 0.1) is 16.0 Å². The number of hydrogen-bond donors (Lipinski definition) is 3. The number of methoxy groups -OCH3 is 1. The molecule has 4 aromatic rings. The monoisotopic (exact) mass is 723 g/mol. The molecule has 4 aromatic carbocycles. The molecule has 0 bridgehead atoms. The lowest BCUT2D eigenvalue weighted by Crippen LogP contribution is -2.51. The highest BCUT2D eigenvalue weighted by Gasteiger charge is 2.39. The SMILES string of the molecule is COC(=O)C(Cc1ccccc1)NC(=O)Nc1ccc(C2OC(CN3CCN(c4ccc([N+](=O)[O-])cc4)CC3)C(C)C(c3ccc(CO)cc3)O2)cc1. The zero-order valence-electron chi connectivity index (χ0n) is 29.8. The summed E-state index contributed by atoms with van der Waals surface area (Å²) in [6.45, 7) is 5.93. The fourth-order valence-electron chi connectivity index (χ4n) is 6.79. The van der Waals surface area contributed by atoms with E-state index >= 15 is 0 Å². The molecule has 2 saturated heterocycles. The Kier molecular flexibility index (Phi) is 12.3. The first-order chi connectivity index (χ1) is 25.7. The number of esters is 1. The second-order valence-corrected chi connectivity index (χ2v) is 13.4. The maximum absolute atomic E-state index is 12.9. The molecule has 278 valence electrons. The number of aliphatic hydroxyl groups excluding tert-OH is 1. The van der Waals surface area contributed by atoms with E-state index in [2.05, 4.69) is 27.4 Å². The number of nitro groups is 1. The number of non-ortho nitro benzene ring substituents is 1. The number of piperazine rings is 1. The molecule has 3 N–H and O–H groups in total. The fourth-order valence-corrected chi connectivity index (χ4v) is 6.79. The van der Waals surface area contributed by atoms with Crippen molar-refractivity contribution in [2.45, 2.75) is 44.5 Å². The van der Waals surface area contributed by atoms with Gasteiger partial charge in [0, 0.05) is 74.1 Å². The minimum Gasteiger partial charge on any atom is -0.467 e. The molecular formula is C40H45N5O8. The molecule has 5 atom stereocenters. The zero-order valence-corrected chi connectivity index (χ0v) is 29.8. The van der Waals surface area contributed by atoms with Gasteiger partial charge in [-0.15, -0.1) is 0 Å². The van der Waals surface area contributed by atoms with E-state index in [1.807, 2.05) is 66.7 Å². The number of nitrogens with one attached hydrogen (secondary N) is 2. The Hall–Kier alpha value is -5.34. The van der Waals surface area contributed by atoms with Crippen LogP contribution < -0.4 is 15.5 Å². The molecule has 0 aliphatic carbocycles. The van der Waals surface area contributed by atoms with E-state index in [0.29, 0.717) is 12.2 Å². The van der Waals surface area contributed by atoms with Crippen LogP contribution >= 0.6 is 0 Å². The maximum Gasteiger partial charge on any atom is 0.328 e. The van der Waals surface area contributed by atoms with Gasteiger partial charge in [-0.2, -0.15) is 0 Å². The van der Waals surface area contributed by atoms with Gasteiger partial charge in [-0.3, -0.25) is 15.0 Å². The fraction of sp³-hybridized carbons (Fsp3) is 0.350. The van der Waals surface area contributed by atoms with Gasteiger partial charge in [0.25, 0.3) is 5.69 Å². The molecule has 2 fully saturated rings. The number of ether oxygens (including phenoxy) is 3. The standard InChI is InChI=1S/C40H45N5O8/c1-27-36(25-43-20-22-44(23-21-43)33-16-18-34(19-17-33)45(49)50)52-39(53-37(27)30-10-8-29(26-46)9-11-30)31-12-14-32(15-13-31)41-40(48)42-35(38(47)51-2)24-28-6-4-3-5-7-28/h3-19,27,35-37,39,46H,20-26H2,1-2H3,(H2,41,42,48). The molecule has 5 unspecified atom stereocenters. The Labute approximate surface area is 308 Å². The Bertz CT molecular complexity index is 1820. The molecule has 0 saturated carbocycles. The smallest absolute Gasteiger partial charge is 0.328 e. The molecule has 0 aromatic heterocycles. The topological polar surface area (TPSA) is 156 Å². The molecule has 2 aliphatic heterocycles. The van der Waals surface area contributed by atoms with Crippen LogP contribution in [0.5, 0.6) is 0 Å². The van der Waals surface area contributed by atoms with Crippen LogP contribution in [0.2, 0.25) is 0 Å². The van der Waals surface area contributed by atoms with Gasteiger partial charge in [-0.25, -0.2) is 9.59 Å². The molecule has 2 amide bonds. The largest absolute Gasteiger partial charge is 0.467 e. The highest BCUT2D eigenvalue weighted by atomic mass is 16.7. The summed E-state index contributed by atoms with van der Waals surface area (Å²) >= 11 is 0. The summed E-state index contributed by atoms with van der Waals surface area (Å²) in [6.07, 6.45) is -0.852. The van der Waals surface area contributed by atoms with Crippen molar-refractivity contribution in [3.8, 4) is 0 Å². The Morgan fingerprint density at radius 1 is 0.887 bits per heavy atom. The van der Waals surface area contributed by atoms with Crippen LogP contribution in [0.3, 0.4) is 0 Å². The Morgan fingerprint density at radius 2 is 1.55 bits per heavy atom.